The van der Waals surface area contributed by atoms with Gasteiger partial charge < -0.3 is 10.1 Å². The van der Waals surface area contributed by atoms with Crippen LogP contribution in [0.5, 0.6) is 0 Å². The number of aromatic amines is 1. The van der Waals surface area contributed by atoms with Crippen LogP contribution in [0.4, 0.5) is 13.2 Å². The molecule has 2 heterocycles. The van der Waals surface area contributed by atoms with Gasteiger partial charge in [0.2, 0.25) is 10.0 Å². The first-order valence-electron chi connectivity index (χ1n) is 9.84. The molecule has 2 aromatic heterocycles. The highest BCUT2D eigenvalue weighted by atomic mass is 32.2. The lowest BCUT2D eigenvalue weighted by molar-refractivity contribution is -0.192. The minimum Gasteiger partial charge on any atom is -0.475 e. The van der Waals surface area contributed by atoms with E-state index in [4.69, 9.17) is 9.90 Å². The van der Waals surface area contributed by atoms with Crippen LogP contribution < -0.4 is 4.72 Å². The molecule has 0 bridgehead atoms. The molecule has 0 unspecified atom stereocenters. The molecule has 0 aliphatic heterocycles. The van der Waals surface area contributed by atoms with Crippen molar-refractivity contribution >= 4 is 27.0 Å². The molecule has 11 heteroatoms. The Morgan fingerprint density at radius 3 is 2.31 bits per heavy atom. The fraction of sp³-hybridized carbons (Fsp3) is 0.333. The quantitative estimate of drug-likeness (QED) is 0.525. The maximum absolute atomic E-state index is 12.5. The van der Waals surface area contributed by atoms with Crippen molar-refractivity contribution in [2.24, 2.45) is 0 Å². The number of fused-ring (bicyclic) bond motifs is 1. The molecule has 3 aromatic rings. The number of nitrogens with zero attached hydrogens (tertiary/aromatic N) is 1. The lowest BCUT2D eigenvalue weighted by Crippen LogP contribution is -2.32. The van der Waals surface area contributed by atoms with Gasteiger partial charge >= 0.3 is 12.1 Å². The molecular formula is C21H22F3N3O4S. The normalized spacial score (nSPS) is 14.9. The van der Waals surface area contributed by atoms with Crippen molar-refractivity contribution < 1.29 is 31.5 Å². The molecule has 4 rings (SSSR count). The minimum absolute atomic E-state index is 0.0762. The third-order valence-electron chi connectivity index (χ3n) is 5.06. The smallest absolute Gasteiger partial charge is 0.475 e. The second-order valence-corrected chi connectivity index (χ2v) is 9.22. The predicted octanol–water partition coefficient (Wildman–Crippen LogP) is 4.39. The van der Waals surface area contributed by atoms with Crippen LogP contribution in [0.2, 0.25) is 0 Å². The lowest BCUT2D eigenvalue weighted by Gasteiger charge is -2.13. The zero-order chi connectivity index (χ0) is 23.5. The number of H-pyrrole nitrogens is 1. The Labute approximate surface area is 182 Å². The van der Waals surface area contributed by atoms with Crippen LogP contribution in [0.1, 0.15) is 31.4 Å². The van der Waals surface area contributed by atoms with Gasteiger partial charge in [0.1, 0.15) is 5.65 Å². The standard InChI is InChI=1S/C19H21N3O2S.C2HF3O2/c1-13-12-18-17(10-11-20-19(18)21-13)14-6-8-16(9-7-14)25(23,24)22-15-4-2-3-5-15;3-2(4,5)1(6)7/h6-12,15,22H,2-5H2,1H3,(H,20,21);(H,6,7). The number of nitrogens with one attached hydrogen (secondary N) is 2. The molecule has 1 saturated carbocycles. The largest absolute Gasteiger partial charge is 0.490 e. The van der Waals surface area contributed by atoms with E-state index in [0.717, 1.165) is 53.5 Å². The van der Waals surface area contributed by atoms with Crippen LogP contribution in [0.3, 0.4) is 0 Å². The Bertz CT molecular complexity index is 1200. The van der Waals surface area contributed by atoms with Gasteiger partial charge in [-0.15, -0.1) is 0 Å². The number of aryl methyl sites for hydroxylation is 1. The van der Waals surface area contributed by atoms with E-state index in [1.54, 1.807) is 18.3 Å². The van der Waals surface area contributed by atoms with E-state index < -0.39 is 22.2 Å². The Hall–Kier alpha value is -2.92. The van der Waals surface area contributed by atoms with Gasteiger partial charge in [0, 0.05) is 23.3 Å². The van der Waals surface area contributed by atoms with Crippen molar-refractivity contribution in [3.63, 3.8) is 0 Å². The summed E-state index contributed by atoms with van der Waals surface area (Å²) in [5.41, 5.74) is 3.91. The zero-order valence-corrected chi connectivity index (χ0v) is 17.9. The van der Waals surface area contributed by atoms with Crippen molar-refractivity contribution in [2.75, 3.05) is 0 Å². The van der Waals surface area contributed by atoms with E-state index in [-0.39, 0.29) is 6.04 Å². The van der Waals surface area contributed by atoms with Crippen molar-refractivity contribution in [2.45, 2.75) is 49.7 Å². The number of sulfonamides is 1. The van der Waals surface area contributed by atoms with E-state index in [1.807, 2.05) is 25.1 Å². The van der Waals surface area contributed by atoms with Crippen LogP contribution >= 0.6 is 0 Å². The number of carboxylic acid groups (broad SMARTS) is 1. The van der Waals surface area contributed by atoms with E-state index in [9.17, 15) is 21.6 Å². The molecule has 1 fully saturated rings. The lowest BCUT2D eigenvalue weighted by atomic mass is 10.0. The van der Waals surface area contributed by atoms with E-state index in [0.29, 0.717) is 4.90 Å². The number of aromatic nitrogens is 2. The number of benzene rings is 1. The van der Waals surface area contributed by atoms with E-state index >= 15 is 0 Å². The highest BCUT2D eigenvalue weighted by Gasteiger charge is 2.38. The molecule has 0 atom stereocenters. The van der Waals surface area contributed by atoms with Gasteiger partial charge in [-0.3, -0.25) is 0 Å². The summed E-state index contributed by atoms with van der Waals surface area (Å²) in [6, 6.07) is 11.2. The van der Waals surface area contributed by atoms with Gasteiger partial charge in [-0.05, 0) is 55.2 Å². The van der Waals surface area contributed by atoms with Gasteiger partial charge in [0.25, 0.3) is 0 Å². The molecule has 1 aliphatic carbocycles. The maximum atomic E-state index is 12.5. The molecular weight excluding hydrogens is 447 g/mol. The predicted molar refractivity (Wildman–Crippen MR) is 113 cm³/mol. The number of hydrogen-bond acceptors (Lipinski definition) is 4. The van der Waals surface area contributed by atoms with Crippen molar-refractivity contribution in [1.29, 1.82) is 0 Å². The van der Waals surface area contributed by atoms with Crippen molar-refractivity contribution in [3.05, 3.63) is 48.3 Å². The summed E-state index contributed by atoms with van der Waals surface area (Å²) in [5, 5.41) is 8.17. The third-order valence-corrected chi connectivity index (χ3v) is 6.60. The second kappa shape index (κ2) is 9.29. The first-order chi connectivity index (χ1) is 15.0. The van der Waals surface area contributed by atoms with Crippen molar-refractivity contribution in [1.82, 2.24) is 14.7 Å². The summed E-state index contributed by atoms with van der Waals surface area (Å²) < 4.78 is 59.6. The Morgan fingerprint density at radius 1 is 1.16 bits per heavy atom. The fourth-order valence-electron chi connectivity index (χ4n) is 3.55. The molecule has 0 saturated heterocycles. The number of pyridine rings is 1. The number of carboxylic acids is 1. The summed E-state index contributed by atoms with van der Waals surface area (Å²) in [7, 11) is -3.45. The maximum Gasteiger partial charge on any atom is 0.490 e. The summed E-state index contributed by atoms with van der Waals surface area (Å²) in [6.45, 7) is 2.00. The summed E-state index contributed by atoms with van der Waals surface area (Å²) >= 11 is 0. The number of alkyl halides is 3. The molecule has 7 nitrogen and oxygen atoms in total. The molecule has 3 N–H and O–H groups in total. The number of rotatable bonds is 4. The Balaban J connectivity index is 0.000000360. The van der Waals surface area contributed by atoms with E-state index in [2.05, 4.69) is 20.8 Å². The van der Waals surface area contributed by atoms with Gasteiger partial charge in [-0.2, -0.15) is 13.2 Å². The van der Waals surface area contributed by atoms with Gasteiger partial charge in [-0.1, -0.05) is 25.0 Å². The number of aliphatic carboxylic acids is 1. The molecule has 32 heavy (non-hydrogen) atoms. The first-order valence-corrected chi connectivity index (χ1v) is 11.3. The summed E-state index contributed by atoms with van der Waals surface area (Å²) in [5.74, 6) is -2.76. The van der Waals surface area contributed by atoms with Gasteiger partial charge in [0.15, 0.2) is 0 Å². The number of carbonyl (C=O) groups is 1. The molecule has 0 radical (unpaired) electrons. The second-order valence-electron chi connectivity index (χ2n) is 7.50. The van der Waals surface area contributed by atoms with Gasteiger partial charge in [-0.25, -0.2) is 22.9 Å². The number of halogens is 3. The topological polar surface area (TPSA) is 112 Å². The highest BCUT2D eigenvalue weighted by molar-refractivity contribution is 7.89. The third kappa shape index (κ3) is 5.65. The minimum atomic E-state index is -5.08. The summed E-state index contributed by atoms with van der Waals surface area (Å²) in [4.78, 5) is 16.8. The molecule has 1 aromatic carbocycles. The van der Waals surface area contributed by atoms with Crippen LogP contribution in [-0.2, 0) is 14.8 Å². The van der Waals surface area contributed by atoms with Crippen LogP contribution in [0, 0.1) is 6.92 Å². The molecule has 0 amide bonds. The monoisotopic (exact) mass is 469 g/mol. The molecule has 1 aliphatic rings. The fourth-order valence-corrected chi connectivity index (χ4v) is 4.86. The highest BCUT2D eigenvalue weighted by Crippen LogP contribution is 2.29. The molecule has 0 spiro atoms. The van der Waals surface area contributed by atoms with E-state index in [1.165, 1.54) is 0 Å². The Morgan fingerprint density at radius 2 is 1.75 bits per heavy atom. The SMILES string of the molecule is Cc1cc2c(-c3ccc(S(=O)(=O)NC4CCCC4)cc3)ccnc2[nH]1.O=C(O)C(F)(F)F. The Kier molecular flexibility index (Phi) is 6.89. The average Bonchev–Trinajstić information content (AvgIpc) is 3.35. The van der Waals surface area contributed by atoms with Gasteiger partial charge in [0.05, 0.1) is 4.90 Å². The molecule has 172 valence electrons. The van der Waals surface area contributed by atoms with Crippen LogP contribution in [0.25, 0.3) is 22.2 Å². The zero-order valence-electron chi connectivity index (χ0n) is 17.1. The number of hydrogen-bond donors (Lipinski definition) is 3. The average molecular weight is 469 g/mol. The van der Waals surface area contributed by atoms with Crippen molar-refractivity contribution in [3.8, 4) is 11.1 Å². The van der Waals surface area contributed by atoms with Crippen LogP contribution in [0.15, 0.2) is 47.5 Å². The van der Waals surface area contributed by atoms with Crippen LogP contribution in [-0.4, -0.2) is 41.7 Å². The summed E-state index contributed by atoms with van der Waals surface area (Å²) in [6.07, 6.45) is 0.735. The first kappa shape index (κ1) is 23.7.